The number of amides is 2. The van der Waals surface area contributed by atoms with Crippen molar-refractivity contribution >= 4 is 66.7 Å². The highest BCUT2D eigenvalue weighted by atomic mass is 33.1. The van der Waals surface area contributed by atoms with Crippen LogP contribution in [0, 0.1) is 0 Å². The van der Waals surface area contributed by atoms with Gasteiger partial charge < -0.3 is 15.0 Å². The van der Waals surface area contributed by atoms with E-state index in [1.54, 1.807) is 0 Å². The number of para-hydroxylation sites is 1. The second-order valence-corrected chi connectivity index (χ2v) is 14.2. The minimum Gasteiger partial charge on any atom is -0.451 e. The Labute approximate surface area is 278 Å². The number of hydrogen-bond donors (Lipinski definition) is 1. The molecule has 1 unspecified atom stereocenters. The number of nitrogens with zero attached hydrogens (tertiary/aromatic N) is 2. The number of fused-ring (bicyclic) bond motifs is 1. The van der Waals surface area contributed by atoms with E-state index < -0.39 is 41.2 Å². The van der Waals surface area contributed by atoms with Gasteiger partial charge in [-0.2, -0.15) is 0 Å². The van der Waals surface area contributed by atoms with E-state index in [4.69, 9.17) is 4.74 Å². The Morgan fingerprint density at radius 3 is 2.07 bits per heavy atom. The summed E-state index contributed by atoms with van der Waals surface area (Å²) in [5.41, 5.74) is 3.10. The first-order valence-electron chi connectivity index (χ1n) is 14.5. The summed E-state index contributed by atoms with van der Waals surface area (Å²) >= 11 is 1.50. The molecule has 2 amide bonds. The lowest BCUT2D eigenvalue weighted by Crippen LogP contribution is -2.74. The number of carbonyl (C=O) groups is 4. The predicted octanol–water partition coefficient (Wildman–Crippen LogP) is 6.22. The van der Waals surface area contributed by atoms with Crippen molar-refractivity contribution in [1.29, 1.82) is 0 Å². The molecule has 8 nitrogen and oxygen atoms in total. The minimum absolute atomic E-state index is 0.0844. The summed E-state index contributed by atoms with van der Waals surface area (Å²) in [6, 6.07) is 33.0. The molecule has 1 aliphatic heterocycles. The molecule has 6 rings (SSSR count). The lowest BCUT2D eigenvalue weighted by atomic mass is 9.99. The SMILES string of the molecule is CC(=O)C(C(=O)OC(c1ccccc1)c1ccccc1)N1C(=O)[C@@H](NC(=O)Cc2ccccc2)[C@H]1SSc1nc2ccccc2s1. The molecule has 11 heteroatoms. The van der Waals surface area contributed by atoms with Crippen LogP contribution in [-0.2, 0) is 30.3 Å². The summed E-state index contributed by atoms with van der Waals surface area (Å²) in [5, 5.41) is 2.10. The Morgan fingerprint density at radius 1 is 0.870 bits per heavy atom. The Bertz CT molecular complexity index is 1780. The number of esters is 1. The van der Waals surface area contributed by atoms with Gasteiger partial charge in [-0.25, -0.2) is 9.78 Å². The summed E-state index contributed by atoms with van der Waals surface area (Å²) in [4.78, 5) is 59.6. The molecule has 1 N–H and O–H groups in total. The summed E-state index contributed by atoms with van der Waals surface area (Å²) in [7, 11) is 2.60. The van der Waals surface area contributed by atoms with Crippen LogP contribution >= 0.6 is 32.9 Å². The molecule has 0 saturated carbocycles. The van der Waals surface area contributed by atoms with Gasteiger partial charge in [-0.15, -0.1) is 11.3 Å². The summed E-state index contributed by atoms with van der Waals surface area (Å²) in [5.74, 6) is -2.25. The van der Waals surface area contributed by atoms with Gasteiger partial charge in [0.15, 0.2) is 22.3 Å². The van der Waals surface area contributed by atoms with Crippen LogP contribution in [0.3, 0.4) is 0 Å². The number of nitrogens with one attached hydrogen (secondary N) is 1. The minimum atomic E-state index is -1.50. The van der Waals surface area contributed by atoms with Crippen molar-refractivity contribution in [2.45, 2.75) is 41.2 Å². The zero-order valence-corrected chi connectivity index (χ0v) is 27.1. The number of hydrogen-bond acceptors (Lipinski definition) is 9. The van der Waals surface area contributed by atoms with Crippen molar-refractivity contribution < 1.29 is 23.9 Å². The van der Waals surface area contributed by atoms with Gasteiger partial charge in [0.05, 0.1) is 16.6 Å². The molecule has 0 spiro atoms. The van der Waals surface area contributed by atoms with Gasteiger partial charge in [0.25, 0.3) is 0 Å². The molecular formula is C35H29N3O5S3. The fraction of sp³-hybridized carbons (Fsp3) is 0.171. The molecule has 1 saturated heterocycles. The van der Waals surface area contributed by atoms with Crippen molar-refractivity contribution in [3.8, 4) is 0 Å². The van der Waals surface area contributed by atoms with Crippen molar-refractivity contribution in [3.05, 3.63) is 132 Å². The second-order valence-electron chi connectivity index (χ2n) is 10.6. The van der Waals surface area contributed by atoms with E-state index in [9.17, 15) is 19.2 Å². The fourth-order valence-corrected chi connectivity index (χ4v) is 9.18. The molecule has 2 heterocycles. The first-order chi connectivity index (χ1) is 22.4. The third-order valence-electron chi connectivity index (χ3n) is 7.42. The number of rotatable bonds is 12. The molecule has 1 fully saturated rings. The van der Waals surface area contributed by atoms with Crippen molar-refractivity contribution in [3.63, 3.8) is 0 Å². The van der Waals surface area contributed by atoms with Crippen LogP contribution in [0.25, 0.3) is 10.2 Å². The molecule has 5 aromatic rings. The fourth-order valence-electron chi connectivity index (χ4n) is 5.22. The Balaban J connectivity index is 1.26. The van der Waals surface area contributed by atoms with Gasteiger partial charge in [0, 0.05) is 0 Å². The molecule has 1 aromatic heterocycles. The number of carbonyl (C=O) groups excluding carboxylic acids is 4. The monoisotopic (exact) mass is 667 g/mol. The third-order valence-corrected chi connectivity index (χ3v) is 11.4. The largest absolute Gasteiger partial charge is 0.451 e. The molecule has 1 aliphatic rings. The van der Waals surface area contributed by atoms with Crippen LogP contribution in [0.4, 0.5) is 0 Å². The molecule has 4 aromatic carbocycles. The maximum Gasteiger partial charge on any atom is 0.337 e. The predicted molar refractivity (Wildman–Crippen MR) is 181 cm³/mol. The average Bonchev–Trinajstić information content (AvgIpc) is 3.50. The van der Waals surface area contributed by atoms with Crippen LogP contribution in [0.1, 0.15) is 29.7 Å². The van der Waals surface area contributed by atoms with E-state index in [-0.39, 0.29) is 12.3 Å². The highest BCUT2D eigenvalue weighted by molar-refractivity contribution is 8.77. The number of aromatic nitrogens is 1. The molecule has 0 bridgehead atoms. The zero-order valence-electron chi connectivity index (χ0n) is 24.6. The maximum atomic E-state index is 13.9. The number of β-lactam (4-membered cyclic amide) rings is 1. The van der Waals surface area contributed by atoms with Crippen LogP contribution in [-0.4, -0.2) is 50.9 Å². The number of Topliss-reactive ketones (excluding diaryl/α,β-unsaturated/α-hetero) is 1. The van der Waals surface area contributed by atoms with Crippen LogP contribution in [0.15, 0.2) is 120 Å². The average molecular weight is 668 g/mol. The van der Waals surface area contributed by atoms with Gasteiger partial charge in [0.2, 0.25) is 11.8 Å². The van der Waals surface area contributed by atoms with Gasteiger partial charge in [0.1, 0.15) is 11.4 Å². The molecular weight excluding hydrogens is 639 g/mol. The maximum absolute atomic E-state index is 13.9. The standard InChI is InChI=1S/C35H29N3O5S3/c1-22(39)30(34(42)43-31(24-15-7-3-8-16-24)25-17-9-4-10-18-25)38-32(41)29(37-28(40)21-23-13-5-2-6-14-23)33(38)45-46-35-36-26-19-11-12-20-27(26)44-35/h2-20,29-31,33H,21H2,1H3,(H,37,40)/t29-,30?,33-/m1/s1. The van der Waals surface area contributed by atoms with Gasteiger partial charge in [-0.1, -0.05) is 114 Å². The normalized spacial score (nSPS) is 16.6. The number of likely N-dealkylation sites (tertiary alicyclic amines) is 1. The summed E-state index contributed by atoms with van der Waals surface area (Å²) in [6.07, 6.45) is -0.709. The lowest BCUT2D eigenvalue weighted by Gasteiger charge is -2.48. The van der Waals surface area contributed by atoms with E-state index in [1.165, 1.54) is 44.7 Å². The van der Waals surface area contributed by atoms with Gasteiger partial charge >= 0.3 is 5.97 Å². The van der Waals surface area contributed by atoms with Crippen molar-refractivity contribution in [2.24, 2.45) is 0 Å². The van der Waals surface area contributed by atoms with E-state index >= 15 is 0 Å². The molecule has 0 aliphatic carbocycles. The van der Waals surface area contributed by atoms with Crippen LogP contribution in [0.2, 0.25) is 0 Å². The Hall–Kier alpha value is -4.45. The lowest BCUT2D eigenvalue weighted by molar-refractivity contribution is -0.169. The Morgan fingerprint density at radius 2 is 1.46 bits per heavy atom. The highest BCUT2D eigenvalue weighted by Gasteiger charge is 2.55. The second kappa shape index (κ2) is 14.3. The Kier molecular flexibility index (Phi) is 9.82. The topological polar surface area (TPSA) is 106 Å². The molecule has 232 valence electrons. The first-order valence-corrected chi connectivity index (χ1v) is 17.6. The van der Waals surface area contributed by atoms with Gasteiger partial charge in [-0.3, -0.25) is 14.4 Å². The quantitative estimate of drug-likeness (QED) is 0.0724. The molecule has 46 heavy (non-hydrogen) atoms. The molecule has 3 atom stereocenters. The third kappa shape index (κ3) is 7.01. The van der Waals surface area contributed by atoms with E-state index in [2.05, 4.69) is 10.3 Å². The van der Waals surface area contributed by atoms with Crippen molar-refractivity contribution in [2.75, 3.05) is 0 Å². The molecule has 0 radical (unpaired) electrons. The number of benzene rings is 4. The summed E-state index contributed by atoms with van der Waals surface area (Å²) < 4.78 is 7.79. The van der Waals surface area contributed by atoms with Crippen LogP contribution in [0.5, 0.6) is 0 Å². The van der Waals surface area contributed by atoms with E-state index in [0.717, 1.165) is 31.2 Å². The van der Waals surface area contributed by atoms with Crippen LogP contribution < -0.4 is 5.32 Å². The number of ether oxygens (including phenoxy) is 1. The number of thiazole rings is 1. The first kappa shape index (κ1) is 31.5. The van der Waals surface area contributed by atoms with Gasteiger partial charge in [-0.05, 0) is 46.5 Å². The summed E-state index contributed by atoms with van der Waals surface area (Å²) in [6.45, 7) is 1.27. The smallest absolute Gasteiger partial charge is 0.337 e. The van der Waals surface area contributed by atoms with Crippen molar-refractivity contribution in [1.82, 2.24) is 15.2 Å². The number of ketones is 1. The zero-order chi connectivity index (χ0) is 32.0. The van der Waals surface area contributed by atoms with E-state index in [1.807, 2.05) is 115 Å². The van der Waals surface area contributed by atoms with E-state index in [0.29, 0.717) is 0 Å². The highest BCUT2D eigenvalue weighted by Crippen LogP contribution is 2.45.